The van der Waals surface area contributed by atoms with Crippen LogP contribution in [0, 0.1) is 13.8 Å². The second-order valence-electron chi connectivity index (χ2n) is 5.86. The van der Waals surface area contributed by atoms with Gasteiger partial charge in [0.25, 0.3) is 0 Å². The SMILES string of the molecule is C=CCOc1ccc2c(c1)c(C)c(C)c1cc(OCC=C)ccc12. The summed E-state index contributed by atoms with van der Waals surface area (Å²) in [6.45, 7) is 12.7. The Balaban J connectivity index is 2.19. The van der Waals surface area contributed by atoms with Gasteiger partial charge in [0.2, 0.25) is 0 Å². The molecule has 24 heavy (non-hydrogen) atoms. The van der Waals surface area contributed by atoms with Crippen molar-refractivity contribution in [2.24, 2.45) is 0 Å². The molecule has 0 fully saturated rings. The van der Waals surface area contributed by atoms with Gasteiger partial charge in [0.1, 0.15) is 24.7 Å². The summed E-state index contributed by atoms with van der Waals surface area (Å²) in [5.74, 6) is 1.74. The van der Waals surface area contributed by atoms with Crippen molar-refractivity contribution in [2.45, 2.75) is 13.8 Å². The van der Waals surface area contributed by atoms with Crippen molar-refractivity contribution >= 4 is 21.5 Å². The van der Waals surface area contributed by atoms with Crippen LogP contribution in [0.15, 0.2) is 61.7 Å². The van der Waals surface area contributed by atoms with Crippen LogP contribution in [0.3, 0.4) is 0 Å². The molecule has 3 aromatic rings. The molecule has 0 bridgehead atoms. The summed E-state index contributed by atoms with van der Waals surface area (Å²) >= 11 is 0. The highest BCUT2D eigenvalue weighted by Crippen LogP contribution is 2.35. The first kappa shape index (κ1) is 16.1. The average Bonchev–Trinajstić information content (AvgIpc) is 2.62. The van der Waals surface area contributed by atoms with E-state index in [4.69, 9.17) is 9.47 Å². The number of rotatable bonds is 6. The van der Waals surface area contributed by atoms with Gasteiger partial charge in [-0.25, -0.2) is 0 Å². The van der Waals surface area contributed by atoms with Gasteiger partial charge in [-0.05, 0) is 70.8 Å². The fraction of sp³-hybridized carbons (Fsp3) is 0.182. The van der Waals surface area contributed by atoms with Crippen LogP contribution in [-0.2, 0) is 0 Å². The molecule has 3 aromatic carbocycles. The quantitative estimate of drug-likeness (QED) is 0.426. The van der Waals surface area contributed by atoms with Crippen LogP contribution >= 0.6 is 0 Å². The Labute approximate surface area is 143 Å². The first-order valence-electron chi connectivity index (χ1n) is 8.09. The van der Waals surface area contributed by atoms with Gasteiger partial charge < -0.3 is 9.47 Å². The van der Waals surface area contributed by atoms with Gasteiger partial charge in [-0.15, -0.1) is 0 Å². The van der Waals surface area contributed by atoms with Gasteiger partial charge in [-0.1, -0.05) is 37.4 Å². The number of aryl methyl sites for hydroxylation is 2. The molecule has 0 radical (unpaired) electrons. The summed E-state index contributed by atoms with van der Waals surface area (Å²) in [6, 6.07) is 12.5. The minimum absolute atomic E-state index is 0.515. The highest BCUT2D eigenvalue weighted by molar-refractivity contribution is 6.11. The lowest BCUT2D eigenvalue weighted by Crippen LogP contribution is -1.95. The van der Waals surface area contributed by atoms with Crippen molar-refractivity contribution in [3.05, 3.63) is 72.8 Å². The zero-order chi connectivity index (χ0) is 17.1. The van der Waals surface area contributed by atoms with E-state index in [1.165, 1.54) is 32.7 Å². The Hall–Kier alpha value is -2.74. The summed E-state index contributed by atoms with van der Waals surface area (Å²) in [4.78, 5) is 0. The van der Waals surface area contributed by atoms with Crippen molar-refractivity contribution in [2.75, 3.05) is 13.2 Å². The van der Waals surface area contributed by atoms with Crippen molar-refractivity contribution in [1.29, 1.82) is 0 Å². The summed E-state index contributed by atoms with van der Waals surface area (Å²) in [5.41, 5.74) is 2.53. The molecule has 122 valence electrons. The predicted molar refractivity (Wildman–Crippen MR) is 102 cm³/mol. The van der Waals surface area contributed by atoms with E-state index in [0.717, 1.165) is 11.5 Å². The molecule has 0 unspecified atom stereocenters. The van der Waals surface area contributed by atoms with Gasteiger partial charge in [-0.2, -0.15) is 0 Å². The highest BCUT2D eigenvalue weighted by atomic mass is 16.5. The fourth-order valence-corrected chi connectivity index (χ4v) is 3.03. The van der Waals surface area contributed by atoms with Crippen LogP contribution in [-0.4, -0.2) is 13.2 Å². The second-order valence-corrected chi connectivity index (χ2v) is 5.86. The molecule has 0 spiro atoms. The standard InChI is InChI=1S/C22H22O2/c1-5-11-23-17-7-9-19-20-10-8-18(24-12-6-2)14-22(20)16(4)15(3)21(19)13-17/h5-10,13-14H,1-2,11-12H2,3-4H3. The summed E-state index contributed by atoms with van der Waals surface area (Å²) in [5, 5.41) is 4.91. The van der Waals surface area contributed by atoms with Crippen molar-refractivity contribution in [1.82, 2.24) is 0 Å². The molecule has 0 heterocycles. The average molecular weight is 318 g/mol. The largest absolute Gasteiger partial charge is 0.490 e. The number of benzene rings is 3. The van der Waals surface area contributed by atoms with Crippen LogP contribution in [0.4, 0.5) is 0 Å². The Bertz CT molecular complexity index is 846. The third-order valence-corrected chi connectivity index (χ3v) is 4.38. The molecule has 0 N–H and O–H groups in total. The monoisotopic (exact) mass is 318 g/mol. The van der Waals surface area contributed by atoms with Crippen LogP contribution in [0.25, 0.3) is 21.5 Å². The Kier molecular flexibility index (Phi) is 4.57. The van der Waals surface area contributed by atoms with Crippen molar-refractivity contribution in [3.63, 3.8) is 0 Å². The van der Waals surface area contributed by atoms with Crippen molar-refractivity contribution in [3.8, 4) is 11.5 Å². The van der Waals surface area contributed by atoms with E-state index in [-0.39, 0.29) is 0 Å². The van der Waals surface area contributed by atoms with Crippen molar-refractivity contribution < 1.29 is 9.47 Å². The first-order valence-corrected chi connectivity index (χ1v) is 8.09. The number of hydrogen-bond acceptors (Lipinski definition) is 2. The molecular formula is C22H22O2. The maximum atomic E-state index is 5.69. The van der Waals surface area contributed by atoms with E-state index in [2.05, 4.69) is 51.3 Å². The third-order valence-electron chi connectivity index (χ3n) is 4.38. The lowest BCUT2D eigenvalue weighted by Gasteiger charge is -2.14. The zero-order valence-electron chi connectivity index (χ0n) is 14.3. The van der Waals surface area contributed by atoms with Crippen LogP contribution in [0.2, 0.25) is 0 Å². The molecule has 3 rings (SSSR count). The molecule has 0 aliphatic heterocycles. The minimum Gasteiger partial charge on any atom is -0.490 e. The Morgan fingerprint density at radius 2 is 1.12 bits per heavy atom. The third kappa shape index (κ3) is 2.88. The van der Waals surface area contributed by atoms with Crippen LogP contribution in [0.1, 0.15) is 11.1 Å². The van der Waals surface area contributed by atoms with Gasteiger partial charge in [0.15, 0.2) is 0 Å². The van der Waals surface area contributed by atoms with E-state index in [1.807, 2.05) is 12.1 Å². The minimum atomic E-state index is 0.515. The van der Waals surface area contributed by atoms with E-state index in [1.54, 1.807) is 12.2 Å². The zero-order valence-corrected chi connectivity index (χ0v) is 14.3. The number of hydrogen-bond donors (Lipinski definition) is 0. The smallest absolute Gasteiger partial charge is 0.120 e. The second kappa shape index (κ2) is 6.79. The summed E-state index contributed by atoms with van der Waals surface area (Å²) in [6.07, 6.45) is 3.51. The maximum absolute atomic E-state index is 5.69. The van der Waals surface area contributed by atoms with Gasteiger partial charge in [-0.3, -0.25) is 0 Å². The molecule has 0 amide bonds. The number of ether oxygens (including phenoxy) is 2. The first-order chi connectivity index (χ1) is 11.7. The number of fused-ring (bicyclic) bond motifs is 3. The summed E-state index contributed by atoms with van der Waals surface area (Å²) < 4.78 is 11.4. The maximum Gasteiger partial charge on any atom is 0.120 e. The van der Waals surface area contributed by atoms with E-state index in [9.17, 15) is 0 Å². The lowest BCUT2D eigenvalue weighted by molar-refractivity contribution is 0.363. The molecule has 0 atom stereocenters. The highest BCUT2D eigenvalue weighted by Gasteiger charge is 2.10. The molecule has 0 saturated heterocycles. The lowest BCUT2D eigenvalue weighted by atomic mass is 9.93. The van der Waals surface area contributed by atoms with Gasteiger partial charge in [0, 0.05) is 0 Å². The van der Waals surface area contributed by atoms with Crippen LogP contribution in [0.5, 0.6) is 11.5 Å². The van der Waals surface area contributed by atoms with Gasteiger partial charge >= 0.3 is 0 Å². The molecule has 2 heteroatoms. The molecule has 0 saturated carbocycles. The van der Waals surface area contributed by atoms with E-state index in [0.29, 0.717) is 13.2 Å². The van der Waals surface area contributed by atoms with Crippen LogP contribution < -0.4 is 9.47 Å². The molecule has 0 aliphatic rings. The Morgan fingerprint density at radius 3 is 1.50 bits per heavy atom. The van der Waals surface area contributed by atoms with Gasteiger partial charge in [0.05, 0.1) is 0 Å². The summed E-state index contributed by atoms with van der Waals surface area (Å²) in [7, 11) is 0. The Morgan fingerprint density at radius 1 is 0.708 bits per heavy atom. The predicted octanol–water partition coefficient (Wildman–Crippen LogP) is 5.74. The van der Waals surface area contributed by atoms with E-state index < -0.39 is 0 Å². The topological polar surface area (TPSA) is 18.5 Å². The molecule has 0 aliphatic carbocycles. The van der Waals surface area contributed by atoms with E-state index >= 15 is 0 Å². The molecule has 0 aromatic heterocycles. The fourth-order valence-electron chi connectivity index (χ4n) is 3.03. The normalized spacial score (nSPS) is 10.8. The molecular weight excluding hydrogens is 296 g/mol. The molecule has 2 nitrogen and oxygen atoms in total.